The first kappa shape index (κ1) is 51.8. The molecular formula is C42H73O13P. The number of phosphoric acid groups is 1. The Balaban J connectivity index is 2.32. The number of carbonyl (C=O) groups is 2. The number of carbonyl (C=O) groups excluding carboxylic acids is 2. The molecule has 1 saturated carbocycles. The molecule has 0 saturated heterocycles. The zero-order valence-electron chi connectivity index (χ0n) is 33.9. The van der Waals surface area contributed by atoms with Crippen LogP contribution in [-0.2, 0) is 32.7 Å². The van der Waals surface area contributed by atoms with Crippen LogP contribution >= 0.6 is 7.82 Å². The van der Waals surface area contributed by atoms with Gasteiger partial charge >= 0.3 is 19.8 Å². The van der Waals surface area contributed by atoms with Crippen LogP contribution in [0.5, 0.6) is 0 Å². The van der Waals surface area contributed by atoms with Gasteiger partial charge in [0.1, 0.15) is 43.2 Å². The molecule has 0 amide bonds. The highest BCUT2D eigenvalue weighted by molar-refractivity contribution is 7.47. The van der Waals surface area contributed by atoms with E-state index in [1.165, 1.54) is 32.1 Å². The molecule has 0 aromatic rings. The van der Waals surface area contributed by atoms with Crippen molar-refractivity contribution in [3.8, 4) is 0 Å². The van der Waals surface area contributed by atoms with Gasteiger partial charge in [0.25, 0.3) is 0 Å². The van der Waals surface area contributed by atoms with Crippen molar-refractivity contribution in [3.63, 3.8) is 0 Å². The van der Waals surface area contributed by atoms with Crippen molar-refractivity contribution >= 4 is 19.8 Å². The molecule has 1 fully saturated rings. The summed E-state index contributed by atoms with van der Waals surface area (Å²) in [6.45, 7) is 3.01. The number of esters is 2. The lowest BCUT2D eigenvalue weighted by Crippen LogP contribution is -2.64. The van der Waals surface area contributed by atoms with E-state index in [4.69, 9.17) is 18.5 Å². The highest BCUT2D eigenvalue weighted by atomic mass is 31.2. The molecule has 0 aliphatic heterocycles. The lowest BCUT2D eigenvalue weighted by molar-refractivity contribution is -0.220. The molecule has 6 unspecified atom stereocenters. The quantitative estimate of drug-likeness (QED) is 0.0168. The number of rotatable bonds is 33. The van der Waals surface area contributed by atoms with Gasteiger partial charge in [-0.05, 0) is 51.4 Å². The number of unbranched alkanes of at least 4 members (excludes halogenated alkanes) is 13. The average molecular weight is 817 g/mol. The van der Waals surface area contributed by atoms with E-state index in [0.29, 0.717) is 12.8 Å². The van der Waals surface area contributed by atoms with E-state index in [2.05, 4.69) is 55.5 Å². The van der Waals surface area contributed by atoms with Gasteiger partial charge in [0.2, 0.25) is 0 Å². The highest BCUT2D eigenvalue weighted by Gasteiger charge is 2.51. The third-order valence-electron chi connectivity index (χ3n) is 9.43. The van der Waals surface area contributed by atoms with Crippen molar-refractivity contribution in [2.45, 2.75) is 191 Å². The molecule has 14 heteroatoms. The molecule has 1 aliphatic carbocycles. The number of hydrogen-bond acceptors (Lipinski definition) is 12. The molecule has 13 nitrogen and oxygen atoms in total. The summed E-state index contributed by atoms with van der Waals surface area (Å²) in [5.41, 5.74) is 0. The molecule has 6 N–H and O–H groups in total. The third-order valence-corrected chi connectivity index (χ3v) is 10.4. The number of phosphoric ester groups is 1. The van der Waals surface area contributed by atoms with E-state index in [1.807, 2.05) is 6.92 Å². The van der Waals surface area contributed by atoms with Gasteiger partial charge in [-0.2, -0.15) is 0 Å². The second-order valence-corrected chi connectivity index (χ2v) is 15.9. The SMILES string of the molecule is CC/C=C\C/C=C\C/C=C\C/C=C\CCCCCCCCCCCCC(=O)OC(COC(=O)CCCCCC)COP(=O)(O)OC1C(O)C(O)C(O)C(O)C1O. The Bertz CT molecular complexity index is 1170. The molecule has 56 heavy (non-hydrogen) atoms. The summed E-state index contributed by atoms with van der Waals surface area (Å²) in [6, 6.07) is 0. The molecule has 0 aromatic carbocycles. The van der Waals surface area contributed by atoms with E-state index in [-0.39, 0.29) is 12.8 Å². The fourth-order valence-corrected chi connectivity index (χ4v) is 7.01. The Morgan fingerprint density at radius 3 is 1.55 bits per heavy atom. The Labute approximate surface area is 335 Å². The van der Waals surface area contributed by atoms with Crippen molar-refractivity contribution < 1.29 is 63.1 Å². The fourth-order valence-electron chi connectivity index (χ4n) is 6.04. The maximum atomic E-state index is 12.7. The van der Waals surface area contributed by atoms with Crippen molar-refractivity contribution in [1.29, 1.82) is 0 Å². The summed E-state index contributed by atoms with van der Waals surface area (Å²) in [6.07, 6.45) is 24.1. The lowest BCUT2D eigenvalue weighted by atomic mass is 9.85. The van der Waals surface area contributed by atoms with Gasteiger partial charge in [0.15, 0.2) is 6.10 Å². The maximum absolute atomic E-state index is 12.7. The third kappa shape index (κ3) is 25.2. The molecule has 324 valence electrons. The number of aliphatic hydroxyl groups is 5. The van der Waals surface area contributed by atoms with E-state index >= 15 is 0 Å². The van der Waals surface area contributed by atoms with Crippen molar-refractivity contribution in [2.24, 2.45) is 0 Å². The zero-order chi connectivity index (χ0) is 41.4. The Morgan fingerprint density at radius 2 is 1.02 bits per heavy atom. The first-order valence-corrected chi connectivity index (χ1v) is 22.4. The second kappa shape index (κ2) is 32.7. The smallest absolute Gasteiger partial charge is 0.462 e. The highest BCUT2D eigenvalue weighted by Crippen LogP contribution is 2.47. The molecule has 6 atom stereocenters. The predicted molar refractivity (Wildman–Crippen MR) is 216 cm³/mol. The normalized spacial score (nSPS) is 23.4. The van der Waals surface area contributed by atoms with Crippen molar-refractivity contribution in [3.05, 3.63) is 48.6 Å². The second-order valence-electron chi connectivity index (χ2n) is 14.5. The minimum atomic E-state index is -5.10. The lowest BCUT2D eigenvalue weighted by Gasteiger charge is -2.41. The van der Waals surface area contributed by atoms with Crippen molar-refractivity contribution in [1.82, 2.24) is 0 Å². The molecule has 1 rings (SSSR count). The maximum Gasteiger partial charge on any atom is 0.472 e. The van der Waals surface area contributed by atoms with Gasteiger partial charge < -0.3 is 39.9 Å². The molecular weight excluding hydrogens is 743 g/mol. The molecule has 0 spiro atoms. The topological polar surface area (TPSA) is 210 Å². The average Bonchev–Trinajstić information content (AvgIpc) is 3.18. The van der Waals surface area contributed by atoms with Gasteiger partial charge in [0.05, 0.1) is 6.61 Å². The van der Waals surface area contributed by atoms with E-state index in [0.717, 1.165) is 77.0 Å². The fraction of sp³-hybridized carbons (Fsp3) is 0.762. The minimum Gasteiger partial charge on any atom is -0.462 e. The first-order valence-electron chi connectivity index (χ1n) is 20.9. The van der Waals surface area contributed by atoms with Gasteiger partial charge in [-0.3, -0.25) is 18.6 Å². The van der Waals surface area contributed by atoms with Crippen LogP contribution in [0, 0.1) is 0 Å². The summed E-state index contributed by atoms with van der Waals surface area (Å²) in [7, 11) is -5.10. The number of hydrogen-bond donors (Lipinski definition) is 6. The summed E-state index contributed by atoms with van der Waals surface area (Å²) in [4.78, 5) is 35.2. The first-order chi connectivity index (χ1) is 26.9. The number of ether oxygens (including phenoxy) is 2. The summed E-state index contributed by atoms with van der Waals surface area (Å²) >= 11 is 0. The summed E-state index contributed by atoms with van der Waals surface area (Å²) in [5.74, 6) is -1.13. The van der Waals surface area contributed by atoms with Crippen LogP contribution in [0.4, 0.5) is 0 Å². The standard InChI is InChI=1S/C42H73O13P/c1-3-5-7-9-10-11-12-13-14-15-16-17-18-19-20-21-22-23-24-25-26-27-29-31-36(44)54-34(32-52-35(43)30-28-8-6-4-2)33-53-56(50,51)55-42-40(48)38(46)37(45)39(47)41(42)49/h5,7,10-11,13-14,16-17,34,37-42,45-49H,3-4,6,8-9,12,15,18-33H2,1-2H3,(H,50,51)/b7-5-,11-10-,14-13-,17-16-. The van der Waals surface area contributed by atoms with Gasteiger partial charge in [-0.15, -0.1) is 0 Å². The molecule has 0 aromatic heterocycles. The predicted octanol–water partition coefficient (Wildman–Crippen LogP) is 7.22. The number of allylic oxidation sites excluding steroid dienone is 8. The summed E-state index contributed by atoms with van der Waals surface area (Å²) < 4.78 is 33.1. The molecule has 1 aliphatic rings. The van der Waals surface area contributed by atoms with Crippen LogP contribution in [0.15, 0.2) is 48.6 Å². The molecule has 0 heterocycles. The monoisotopic (exact) mass is 816 g/mol. The molecule has 0 radical (unpaired) electrons. The number of aliphatic hydroxyl groups excluding tert-OH is 5. The van der Waals surface area contributed by atoms with E-state index in [9.17, 15) is 44.6 Å². The largest absolute Gasteiger partial charge is 0.472 e. The summed E-state index contributed by atoms with van der Waals surface area (Å²) in [5, 5.41) is 49.8. The minimum absolute atomic E-state index is 0.0899. The van der Waals surface area contributed by atoms with Gasteiger partial charge in [-0.25, -0.2) is 4.57 Å². The van der Waals surface area contributed by atoms with Crippen LogP contribution < -0.4 is 0 Å². The van der Waals surface area contributed by atoms with E-state index < -0.39 is 75.7 Å². The van der Waals surface area contributed by atoms with Crippen LogP contribution in [0.3, 0.4) is 0 Å². The molecule has 0 bridgehead atoms. The van der Waals surface area contributed by atoms with Crippen molar-refractivity contribution in [2.75, 3.05) is 13.2 Å². The zero-order valence-corrected chi connectivity index (χ0v) is 34.8. The van der Waals surface area contributed by atoms with Gasteiger partial charge in [0, 0.05) is 12.8 Å². The Hall–Kier alpha value is -2.19. The van der Waals surface area contributed by atoms with Crippen LogP contribution in [0.25, 0.3) is 0 Å². The van der Waals surface area contributed by atoms with Crippen LogP contribution in [0.1, 0.15) is 149 Å². The Morgan fingerprint density at radius 1 is 0.571 bits per heavy atom. The Kier molecular flexibility index (Phi) is 30.3. The van der Waals surface area contributed by atoms with Crippen LogP contribution in [0.2, 0.25) is 0 Å². The van der Waals surface area contributed by atoms with Crippen LogP contribution in [-0.4, -0.2) is 98.3 Å². The van der Waals surface area contributed by atoms with Gasteiger partial charge in [-0.1, -0.05) is 133 Å². The van der Waals surface area contributed by atoms with E-state index in [1.54, 1.807) is 0 Å².